The van der Waals surface area contributed by atoms with Gasteiger partial charge in [0.1, 0.15) is 5.82 Å². The standard InChI is InChI=1S/C16H19FN4OS/c1-11-3-8-14(23-11)9-19-16(18-2)20-10-15(22)21-13-6-4-12(17)5-7-13/h3-8H,9-10H2,1-2H3,(H,21,22)(H2,18,19,20). The molecule has 122 valence electrons. The first-order chi connectivity index (χ1) is 11.1. The molecule has 1 aromatic heterocycles. The van der Waals surface area contributed by atoms with E-state index in [0.717, 1.165) is 0 Å². The maximum Gasteiger partial charge on any atom is 0.243 e. The number of hydrogen-bond acceptors (Lipinski definition) is 3. The first-order valence-electron chi connectivity index (χ1n) is 7.12. The molecule has 5 nitrogen and oxygen atoms in total. The highest BCUT2D eigenvalue weighted by molar-refractivity contribution is 7.11. The van der Waals surface area contributed by atoms with Crippen molar-refractivity contribution in [2.75, 3.05) is 18.9 Å². The van der Waals surface area contributed by atoms with Crippen molar-refractivity contribution in [3.63, 3.8) is 0 Å². The molecule has 0 saturated carbocycles. The van der Waals surface area contributed by atoms with Gasteiger partial charge in [0.15, 0.2) is 5.96 Å². The normalized spacial score (nSPS) is 11.2. The lowest BCUT2D eigenvalue weighted by atomic mass is 10.3. The number of anilines is 1. The summed E-state index contributed by atoms with van der Waals surface area (Å²) in [5, 5.41) is 8.76. The van der Waals surface area contributed by atoms with Crippen molar-refractivity contribution in [1.82, 2.24) is 10.6 Å². The van der Waals surface area contributed by atoms with Crippen molar-refractivity contribution < 1.29 is 9.18 Å². The van der Waals surface area contributed by atoms with Gasteiger partial charge >= 0.3 is 0 Å². The molecule has 1 amide bonds. The molecule has 2 aromatic rings. The number of halogens is 1. The van der Waals surface area contributed by atoms with Crippen LogP contribution in [0, 0.1) is 12.7 Å². The van der Waals surface area contributed by atoms with E-state index in [1.54, 1.807) is 18.4 Å². The van der Waals surface area contributed by atoms with Crippen LogP contribution < -0.4 is 16.0 Å². The minimum atomic E-state index is -0.338. The van der Waals surface area contributed by atoms with Gasteiger partial charge in [0.05, 0.1) is 13.1 Å². The number of hydrogen-bond donors (Lipinski definition) is 3. The third-order valence-electron chi connectivity index (χ3n) is 2.99. The molecular formula is C16H19FN4OS. The summed E-state index contributed by atoms with van der Waals surface area (Å²) in [5.74, 6) is -0.0219. The summed E-state index contributed by atoms with van der Waals surface area (Å²) in [6, 6.07) is 9.74. The molecule has 1 heterocycles. The predicted molar refractivity (Wildman–Crippen MR) is 92.3 cm³/mol. The lowest BCUT2D eigenvalue weighted by Gasteiger charge is -2.11. The monoisotopic (exact) mass is 334 g/mol. The highest BCUT2D eigenvalue weighted by atomic mass is 32.1. The van der Waals surface area contributed by atoms with Crippen molar-refractivity contribution in [2.24, 2.45) is 4.99 Å². The van der Waals surface area contributed by atoms with Crippen molar-refractivity contribution >= 4 is 28.9 Å². The molecule has 0 radical (unpaired) electrons. The highest BCUT2D eigenvalue weighted by Gasteiger charge is 2.05. The van der Waals surface area contributed by atoms with Crippen LogP contribution >= 0.6 is 11.3 Å². The maximum absolute atomic E-state index is 12.8. The van der Waals surface area contributed by atoms with Crippen LogP contribution in [-0.4, -0.2) is 25.5 Å². The molecule has 3 N–H and O–H groups in total. The van der Waals surface area contributed by atoms with Gasteiger partial charge in [0, 0.05) is 22.5 Å². The fourth-order valence-corrected chi connectivity index (χ4v) is 2.70. The molecule has 0 unspecified atom stereocenters. The average molecular weight is 334 g/mol. The number of carbonyl (C=O) groups is 1. The van der Waals surface area contributed by atoms with Crippen LogP contribution in [0.15, 0.2) is 41.4 Å². The fraction of sp³-hybridized carbons (Fsp3) is 0.250. The first-order valence-corrected chi connectivity index (χ1v) is 7.93. The number of thiophene rings is 1. The number of nitrogens with one attached hydrogen (secondary N) is 3. The Balaban J connectivity index is 1.76. The third kappa shape index (κ3) is 5.71. The summed E-state index contributed by atoms with van der Waals surface area (Å²) in [6.45, 7) is 2.78. The van der Waals surface area contributed by atoms with E-state index in [0.29, 0.717) is 18.2 Å². The maximum atomic E-state index is 12.8. The number of guanidine groups is 1. The molecule has 2 rings (SSSR count). The van der Waals surface area contributed by atoms with Gasteiger partial charge in [-0.25, -0.2) is 4.39 Å². The molecule has 0 saturated heterocycles. The van der Waals surface area contributed by atoms with Crippen LogP contribution in [0.1, 0.15) is 9.75 Å². The van der Waals surface area contributed by atoms with E-state index in [1.807, 2.05) is 0 Å². The van der Waals surface area contributed by atoms with E-state index in [1.165, 1.54) is 34.0 Å². The van der Waals surface area contributed by atoms with Gasteiger partial charge in [0.2, 0.25) is 5.91 Å². The summed E-state index contributed by atoms with van der Waals surface area (Å²) >= 11 is 1.71. The second kappa shape index (κ2) is 8.28. The number of carbonyl (C=O) groups excluding carboxylic acids is 1. The van der Waals surface area contributed by atoms with Gasteiger partial charge in [-0.3, -0.25) is 9.79 Å². The van der Waals surface area contributed by atoms with Gasteiger partial charge in [-0.15, -0.1) is 11.3 Å². The number of benzene rings is 1. The van der Waals surface area contributed by atoms with Gasteiger partial charge in [0.25, 0.3) is 0 Å². The largest absolute Gasteiger partial charge is 0.352 e. The van der Waals surface area contributed by atoms with Crippen molar-refractivity contribution in [3.05, 3.63) is 52.0 Å². The number of nitrogens with zero attached hydrogens (tertiary/aromatic N) is 1. The lowest BCUT2D eigenvalue weighted by molar-refractivity contribution is -0.115. The molecule has 0 aliphatic carbocycles. The molecule has 0 aliphatic rings. The van der Waals surface area contributed by atoms with E-state index < -0.39 is 0 Å². The minimum Gasteiger partial charge on any atom is -0.352 e. The number of amides is 1. The Bertz CT molecular complexity index is 682. The third-order valence-corrected chi connectivity index (χ3v) is 3.99. The Morgan fingerprint density at radius 2 is 1.91 bits per heavy atom. The second-order valence-corrected chi connectivity index (χ2v) is 6.22. The van der Waals surface area contributed by atoms with Crippen LogP contribution in [0.3, 0.4) is 0 Å². The number of aryl methyl sites for hydroxylation is 1. The molecule has 0 atom stereocenters. The van der Waals surface area contributed by atoms with Gasteiger partial charge in [-0.2, -0.15) is 0 Å². The zero-order chi connectivity index (χ0) is 16.7. The SMILES string of the molecule is CN=C(NCC(=O)Nc1ccc(F)cc1)NCc1ccc(C)s1. The average Bonchev–Trinajstić information content (AvgIpc) is 2.95. The molecule has 0 bridgehead atoms. The first kappa shape index (κ1) is 17.0. The van der Waals surface area contributed by atoms with Crippen LogP contribution in [-0.2, 0) is 11.3 Å². The summed E-state index contributed by atoms with van der Waals surface area (Å²) in [6.07, 6.45) is 0. The van der Waals surface area contributed by atoms with E-state index in [2.05, 4.69) is 40.0 Å². The lowest BCUT2D eigenvalue weighted by Crippen LogP contribution is -2.40. The van der Waals surface area contributed by atoms with Gasteiger partial charge in [-0.05, 0) is 43.3 Å². The zero-order valence-corrected chi connectivity index (χ0v) is 13.8. The smallest absolute Gasteiger partial charge is 0.243 e. The summed E-state index contributed by atoms with van der Waals surface area (Å²) < 4.78 is 12.8. The molecule has 0 aliphatic heterocycles. The van der Waals surface area contributed by atoms with Crippen molar-refractivity contribution in [3.8, 4) is 0 Å². The van der Waals surface area contributed by atoms with E-state index in [9.17, 15) is 9.18 Å². The molecule has 0 fully saturated rings. The van der Waals surface area contributed by atoms with Crippen molar-refractivity contribution in [1.29, 1.82) is 0 Å². The second-order valence-electron chi connectivity index (χ2n) is 4.85. The van der Waals surface area contributed by atoms with Crippen LogP contribution in [0.25, 0.3) is 0 Å². The molecule has 0 spiro atoms. The van der Waals surface area contributed by atoms with Crippen LogP contribution in [0.5, 0.6) is 0 Å². The Morgan fingerprint density at radius 1 is 1.17 bits per heavy atom. The van der Waals surface area contributed by atoms with Crippen LogP contribution in [0.4, 0.5) is 10.1 Å². The van der Waals surface area contributed by atoms with Crippen LogP contribution in [0.2, 0.25) is 0 Å². The highest BCUT2D eigenvalue weighted by Crippen LogP contribution is 2.14. The number of rotatable bonds is 5. The molecule has 7 heteroatoms. The quantitative estimate of drug-likeness (QED) is 0.581. The Morgan fingerprint density at radius 3 is 2.52 bits per heavy atom. The Labute approximate surface area is 138 Å². The fourth-order valence-electron chi connectivity index (χ4n) is 1.87. The summed E-state index contributed by atoms with van der Waals surface area (Å²) in [7, 11) is 1.65. The number of aliphatic imine (C=N–C) groups is 1. The minimum absolute atomic E-state index is 0.0700. The van der Waals surface area contributed by atoms with E-state index in [4.69, 9.17) is 0 Å². The van der Waals surface area contributed by atoms with Gasteiger partial charge < -0.3 is 16.0 Å². The van der Waals surface area contributed by atoms with Gasteiger partial charge in [-0.1, -0.05) is 0 Å². The van der Waals surface area contributed by atoms with E-state index >= 15 is 0 Å². The Hall–Kier alpha value is -2.41. The molecular weight excluding hydrogens is 315 g/mol. The summed E-state index contributed by atoms with van der Waals surface area (Å²) in [5.41, 5.74) is 0.551. The Kier molecular flexibility index (Phi) is 6.10. The zero-order valence-electron chi connectivity index (χ0n) is 13.0. The molecule has 23 heavy (non-hydrogen) atoms. The topological polar surface area (TPSA) is 65.5 Å². The summed E-state index contributed by atoms with van der Waals surface area (Å²) in [4.78, 5) is 18.4. The predicted octanol–water partition coefficient (Wildman–Crippen LogP) is 2.50. The van der Waals surface area contributed by atoms with Crippen molar-refractivity contribution in [2.45, 2.75) is 13.5 Å². The molecule has 1 aromatic carbocycles. The van der Waals surface area contributed by atoms with E-state index in [-0.39, 0.29) is 18.3 Å².